The lowest BCUT2D eigenvalue weighted by Gasteiger charge is -2.09. The van der Waals surface area contributed by atoms with Gasteiger partial charge in [-0.2, -0.15) is 11.8 Å². The minimum absolute atomic E-state index is 0.784. The van der Waals surface area contributed by atoms with Gasteiger partial charge in [0, 0.05) is 18.3 Å². The van der Waals surface area contributed by atoms with Gasteiger partial charge in [-0.3, -0.25) is 5.41 Å². The highest BCUT2D eigenvalue weighted by atomic mass is 32.2. The Balaban J connectivity index is 2.21. The lowest BCUT2D eigenvalue weighted by molar-refractivity contribution is 0.534. The molecule has 0 aliphatic carbocycles. The van der Waals surface area contributed by atoms with E-state index in [0.717, 1.165) is 18.3 Å². The van der Waals surface area contributed by atoms with Crippen molar-refractivity contribution >= 4 is 18.1 Å². The number of hydrogen-bond acceptors (Lipinski definition) is 2. The molecule has 1 heterocycles. The van der Waals surface area contributed by atoms with Crippen molar-refractivity contribution in [2.24, 2.45) is 0 Å². The molecule has 1 rings (SSSR count). The summed E-state index contributed by atoms with van der Waals surface area (Å²) in [7, 11) is 0. The van der Waals surface area contributed by atoms with Crippen LogP contribution in [0, 0.1) is 5.41 Å². The zero-order valence-electron chi connectivity index (χ0n) is 6.34. The van der Waals surface area contributed by atoms with Crippen molar-refractivity contribution in [3.05, 3.63) is 0 Å². The second-order valence-corrected chi connectivity index (χ2v) is 4.07. The predicted octanol–water partition coefficient (Wildman–Crippen LogP) is 1.42. The van der Waals surface area contributed by atoms with Gasteiger partial charge in [-0.05, 0) is 12.2 Å². The minimum Gasteiger partial charge on any atom is -0.362 e. The maximum Gasteiger partial charge on any atom is 0.0817 e. The van der Waals surface area contributed by atoms with Crippen LogP contribution in [-0.4, -0.2) is 35.3 Å². The molecule has 0 spiro atoms. The van der Waals surface area contributed by atoms with Crippen LogP contribution < -0.4 is 0 Å². The first kappa shape index (κ1) is 7.92. The molecular formula is C7H14N2S. The van der Waals surface area contributed by atoms with Gasteiger partial charge in [-0.1, -0.05) is 6.92 Å². The molecule has 0 aromatic carbocycles. The zero-order chi connectivity index (χ0) is 7.40. The topological polar surface area (TPSA) is 27.1 Å². The Bertz CT molecular complexity index is 116. The number of thioether (sulfide) groups is 1. The Labute approximate surface area is 66.5 Å². The lowest BCUT2D eigenvalue weighted by atomic mass is 10.4. The van der Waals surface area contributed by atoms with E-state index in [1.165, 1.54) is 18.5 Å². The normalized spacial score (nSPS) is 25.3. The van der Waals surface area contributed by atoms with E-state index < -0.39 is 0 Å². The van der Waals surface area contributed by atoms with Crippen molar-refractivity contribution in [3.8, 4) is 0 Å². The number of rotatable bonds is 3. The zero-order valence-corrected chi connectivity index (χ0v) is 7.16. The monoisotopic (exact) mass is 158 g/mol. The van der Waals surface area contributed by atoms with Gasteiger partial charge < -0.3 is 4.90 Å². The van der Waals surface area contributed by atoms with E-state index in [2.05, 4.69) is 11.8 Å². The fourth-order valence-corrected chi connectivity index (χ4v) is 2.28. The summed E-state index contributed by atoms with van der Waals surface area (Å²) >= 11 is 2.01. The summed E-state index contributed by atoms with van der Waals surface area (Å²) < 4.78 is 0. The van der Waals surface area contributed by atoms with Crippen LogP contribution in [0.1, 0.15) is 13.3 Å². The molecule has 1 aliphatic heterocycles. The molecule has 0 amide bonds. The van der Waals surface area contributed by atoms with Crippen molar-refractivity contribution in [3.63, 3.8) is 0 Å². The number of likely N-dealkylation sites (tertiary alicyclic amines) is 1. The smallest absolute Gasteiger partial charge is 0.0817 e. The van der Waals surface area contributed by atoms with E-state index in [9.17, 15) is 0 Å². The van der Waals surface area contributed by atoms with Gasteiger partial charge >= 0.3 is 0 Å². The molecule has 1 atom stereocenters. The molecule has 0 aromatic rings. The van der Waals surface area contributed by atoms with Gasteiger partial charge in [0.2, 0.25) is 0 Å². The second-order valence-electron chi connectivity index (χ2n) is 2.49. The first-order valence-electron chi connectivity index (χ1n) is 3.73. The average Bonchev–Trinajstić information content (AvgIpc) is 2.37. The Hall–Kier alpha value is -0.180. The molecular weight excluding hydrogens is 144 g/mol. The van der Waals surface area contributed by atoms with Crippen molar-refractivity contribution < 1.29 is 0 Å². The third kappa shape index (κ3) is 1.90. The molecule has 1 aliphatic rings. The Morgan fingerprint density at radius 3 is 3.10 bits per heavy atom. The summed E-state index contributed by atoms with van der Waals surface area (Å²) in [6.45, 7) is 4.36. The van der Waals surface area contributed by atoms with Crippen molar-refractivity contribution in [1.29, 1.82) is 5.41 Å². The number of hydrogen-bond donors (Lipinski definition) is 1. The van der Waals surface area contributed by atoms with Crippen LogP contribution in [-0.2, 0) is 0 Å². The van der Waals surface area contributed by atoms with Crippen LogP contribution >= 0.6 is 11.8 Å². The van der Waals surface area contributed by atoms with Gasteiger partial charge in [-0.25, -0.2) is 0 Å². The van der Waals surface area contributed by atoms with Crippen LogP contribution in [0.2, 0.25) is 0 Å². The molecule has 0 aromatic heterocycles. The minimum atomic E-state index is 0.784. The maximum absolute atomic E-state index is 7.01. The first-order chi connectivity index (χ1) is 4.86. The molecule has 1 N–H and O–H groups in total. The highest BCUT2D eigenvalue weighted by Crippen LogP contribution is 2.20. The van der Waals surface area contributed by atoms with Crippen LogP contribution in [0.4, 0.5) is 0 Å². The standard InChI is InChI=1S/C7H14N2S/c1-2-10-7-3-4-9(5-7)6-8/h6-8H,2-5H2,1H3. The average molecular weight is 158 g/mol. The van der Waals surface area contributed by atoms with Crippen LogP contribution in [0.15, 0.2) is 0 Å². The summed E-state index contributed by atoms with van der Waals surface area (Å²) in [4.78, 5) is 2.08. The summed E-state index contributed by atoms with van der Waals surface area (Å²) in [6, 6.07) is 0. The van der Waals surface area contributed by atoms with Crippen molar-refractivity contribution in [2.45, 2.75) is 18.6 Å². The second kappa shape index (κ2) is 3.86. The highest BCUT2D eigenvalue weighted by Gasteiger charge is 2.19. The lowest BCUT2D eigenvalue weighted by Crippen LogP contribution is -2.18. The van der Waals surface area contributed by atoms with Crippen molar-refractivity contribution in [2.75, 3.05) is 18.8 Å². The Morgan fingerprint density at radius 1 is 1.80 bits per heavy atom. The molecule has 1 fully saturated rings. The summed E-state index contributed by atoms with van der Waals surface area (Å²) in [5, 5.41) is 7.80. The fraction of sp³-hybridized carbons (Fsp3) is 0.857. The van der Waals surface area contributed by atoms with Crippen LogP contribution in [0.3, 0.4) is 0 Å². The summed E-state index contributed by atoms with van der Waals surface area (Å²) in [5.74, 6) is 1.20. The van der Waals surface area contributed by atoms with E-state index >= 15 is 0 Å². The third-order valence-corrected chi connectivity index (χ3v) is 2.95. The molecule has 2 nitrogen and oxygen atoms in total. The van der Waals surface area contributed by atoms with Gasteiger partial charge in [0.05, 0.1) is 6.34 Å². The quantitative estimate of drug-likeness (QED) is 0.497. The SMILES string of the molecule is CCSC1CCN(C=N)C1. The fourth-order valence-electron chi connectivity index (χ4n) is 1.24. The molecule has 3 heteroatoms. The van der Waals surface area contributed by atoms with Crippen molar-refractivity contribution in [1.82, 2.24) is 4.90 Å². The van der Waals surface area contributed by atoms with E-state index in [4.69, 9.17) is 5.41 Å². The Kier molecular flexibility index (Phi) is 3.06. The van der Waals surface area contributed by atoms with Gasteiger partial charge in [0.25, 0.3) is 0 Å². The van der Waals surface area contributed by atoms with Gasteiger partial charge in [0.15, 0.2) is 0 Å². The summed E-state index contributed by atoms with van der Waals surface area (Å²) in [5.41, 5.74) is 0. The van der Waals surface area contributed by atoms with E-state index in [0.29, 0.717) is 0 Å². The number of nitrogens with zero attached hydrogens (tertiary/aromatic N) is 1. The van der Waals surface area contributed by atoms with Gasteiger partial charge in [-0.15, -0.1) is 0 Å². The van der Waals surface area contributed by atoms with E-state index in [-0.39, 0.29) is 0 Å². The van der Waals surface area contributed by atoms with Crippen LogP contribution in [0.25, 0.3) is 0 Å². The van der Waals surface area contributed by atoms with Crippen LogP contribution in [0.5, 0.6) is 0 Å². The maximum atomic E-state index is 7.01. The molecule has 1 saturated heterocycles. The first-order valence-corrected chi connectivity index (χ1v) is 4.78. The Morgan fingerprint density at radius 2 is 2.60 bits per heavy atom. The predicted molar refractivity (Wildman–Crippen MR) is 46.9 cm³/mol. The molecule has 58 valence electrons. The number of nitrogens with one attached hydrogen (secondary N) is 1. The summed E-state index contributed by atoms with van der Waals surface area (Å²) in [6.07, 6.45) is 2.71. The third-order valence-electron chi connectivity index (χ3n) is 1.76. The van der Waals surface area contributed by atoms with E-state index in [1.54, 1.807) is 0 Å². The molecule has 0 radical (unpaired) electrons. The molecule has 0 saturated carbocycles. The molecule has 1 unspecified atom stereocenters. The van der Waals surface area contributed by atoms with Gasteiger partial charge in [0.1, 0.15) is 0 Å². The largest absolute Gasteiger partial charge is 0.362 e. The highest BCUT2D eigenvalue weighted by molar-refractivity contribution is 7.99. The molecule has 0 bridgehead atoms. The van der Waals surface area contributed by atoms with E-state index in [1.807, 2.05) is 11.8 Å². The molecule has 10 heavy (non-hydrogen) atoms.